The van der Waals surface area contributed by atoms with Gasteiger partial charge in [-0.05, 0) is 38.6 Å². The maximum atomic E-state index is 12.9. The molecule has 3 atom stereocenters. The molecule has 0 bridgehead atoms. The van der Waals surface area contributed by atoms with Crippen LogP contribution in [0.5, 0.6) is 0 Å². The molecule has 6 heteroatoms. The fourth-order valence-corrected chi connectivity index (χ4v) is 3.60. The molecule has 1 N–H and O–H groups in total. The lowest BCUT2D eigenvalue weighted by atomic mass is 9.84. The number of halogens is 3. The third kappa shape index (κ3) is 3.65. The summed E-state index contributed by atoms with van der Waals surface area (Å²) >= 11 is 0. The Morgan fingerprint density at radius 1 is 1.05 bits per heavy atom. The van der Waals surface area contributed by atoms with Gasteiger partial charge in [0.1, 0.15) is 6.04 Å². The molecule has 2 rings (SSSR count). The predicted molar refractivity (Wildman–Crippen MR) is 68.4 cm³/mol. The van der Waals surface area contributed by atoms with Crippen molar-refractivity contribution >= 4 is 5.97 Å². The summed E-state index contributed by atoms with van der Waals surface area (Å²) in [7, 11) is 0. The molecule has 1 aliphatic carbocycles. The van der Waals surface area contributed by atoms with Crippen LogP contribution >= 0.6 is 0 Å². The smallest absolute Gasteiger partial charge is 0.391 e. The van der Waals surface area contributed by atoms with E-state index in [1.807, 2.05) is 4.90 Å². The number of hydrogen-bond donors (Lipinski definition) is 1. The largest absolute Gasteiger partial charge is 0.480 e. The lowest BCUT2D eigenvalue weighted by Gasteiger charge is -2.40. The zero-order chi connectivity index (χ0) is 14.8. The molecule has 1 aliphatic heterocycles. The van der Waals surface area contributed by atoms with Crippen LogP contribution in [0.1, 0.15) is 51.4 Å². The Kier molecular flexibility index (Phi) is 4.94. The van der Waals surface area contributed by atoms with E-state index in [1.165, 1.54) is 0 Å². The Morgan fingerprint density at radius 3 is 2.45 bits per heavy atom. The van der Waals surface area contributed by atoms with Crippen molar-refractivity contribution in [3.8, 4) is 0 Å². The van der Waals surface area contributed by atoms with Crippen LogP contribution in [0.3, 0.4) is 0 Å². The van der Waals surface area contributed by atoms with E-state index in [9.17, 15) is 23.1 Å². The molecular formula is C14H22F3NO2. The molecule has 2 aliphatic rings. The van der Waals surface area contributed by atoms with Gasteiger partial charge in [0.05, 0.1) is 5.92 Å². The van der Waals surface area contributed by atoms with Gasteiger partial charge >= 0.3 is 12.1 Å². The second kappa shape index (κ2) is 6.33. The first-order chi connectivity index (χ1) is 9.39. The van der Waals surface area contributed by atoms with E-state index >= 15 is 0 Å². The first kappa shape index (κ1) is 15.6. The van der Waals surface area contributed by atoms with Gasteiger partial charge in [0.25, 0.3) is 0 Å². The zero-order valence-electron chi connectivity index (χ0n) is 11.5. The van der Waals surface area contributed by atoms with E-state index < -0.39 is 24.1 Å². The monoisotopic (exact) mass is 293 g/mol. The molecule has 1 saturated heterocycles. The second-order valence-electron chi connectivity index (χ2n) is 6.00. The summed E-state index contributed by atoms with van der Waals surface area (Å²) in [4.78, 5) is 13.2. The summed E-state index contributed by atoms with van der Waals surface area (Å²) in [6.45, 7) is 0.617. The molecule has 3 unspecified atom stereocenters. The average Bonchev–Trinajstić information content (AvgIpc) is 2.63. The minimum absolute atomic E-state index is 0.0628. The number of likely N-dealkylation sites (tertiary alicyclic amines) is 1. The van der Waals surface area contributed by atoms with Gasteiger partial charge in [0, 0.05) is 6.04 Å². The van der Waals surface area contributed by atoms with Crippen molar-refractivity contribution in [2.75, 3.05) is 6.54 Å². The number of rotatable bonds is 2. The van der Waals surface area contributed by atoms with Gasteiger partial charge < -0.3 is 5.11 Å². The minimum Gasteiger partial charge on any atom is -0.480 e. The Morgan fingerprint density at radius 2 is 1.80 bits per heavy atom. The first-order valence-corrected chi connectivity index (χ1v) is 7.45. The standard InChI is InChI=1S/C14H22F3NO2/c15-14(16,17)10-5-4-6-11(9-10)18-8-3-1-2-7-12(18)13(19)20/h10-12H,1-9H2,(H,19,20). The average molecular weight is 293 g/mol. The van der Waals surface area contributed by atoms with E-state index in [4.69, 9.17) is 0 Å². The highest BCUT2D eigenvalue weighted by molar-refractivity contribution is 5.73. The van der Waals surface area contributed by atoms with Gasteiger partial charge in [0.2, 0.25) is 0 Å². The number of carboxylic acids is 1. The maximum Gasteiger partial charge on any atom is 0.391 e. The molecule has 0 spiro atoms. The third-order valence-electron chi connectivity index (χ3n) is 4.66. The summed E-state index contributed by atoms with van der Waals surface area (Å²) in [5, 5.41) is 9.33. The highest BCUT2D eigenvalue weighted by Crippen LogP contribution is 2.40. The quantitative estimate of drug-likeness (QED) is 0.848. The number of aliphatic carboxylic acids is 1. The molecule has 0 aromatic rings. The van der Waals surface area contributed by atoms with Gasteiger partial charge in [-0.25, -0.2) is 0 Å². The molecule has 1 saturated carbocycles. The summed E-state index contributed by atoms with van der Waals surface area (Å²) < 4.78 is 38.6. The van der Waals surface area contributed by atoms with Crippen LogP contribution in [0.15, 0.2) is 0 Å². The fraction of sp³-hybridized carbons (Fsp3) is 0.929. The zero-order valence-corrected chi connectivity index (χ0v) is 11.5. The van der Waals surface area contributed by atoms with Crippen molar-refractivity contribution in [3.63, 3.8) is 0 Å². The van der Waals surface area contributed by atoms with E-state index in [1.54, 1.807) is 0 Å². The Hall–Kier alpha value is -0.780. The summed E-state index contributed by atoms with van der Waals surface area (Å²) in [6, 6.07) is -0.830. The number of alkyl halides is 3. The van der Waals surface area contributed by atoms with E-state index in [0.717, 1.165) is 19.3 Å². The van der Waals surface area contributed by atoms with Crippen molar-refractivity contribution < 1.29 is 23.1 Å². The molecule has 1 heterocycles. The predicted octanol–water partition coefficient (Wildman–Crippen LogP) is 3.44. The van der Waals surface area contributed by atoms with Crippen molar-refractivity contribution in [2.24, 2.45) is 5.92 Å². The Labute approximate surface area is 117 Å². The van der Waals surface area contributed by atoms with Crippen LogP contribution in [0, 0.1) is 5.92 Å². The van der Waals surface area contributed by atoms with Gasteiger partial charge in [0.15, 0.2) is 0 Å². The lowest BCUT2D eigenvalue weighted by Crippen LogP contribution is -2.49. The first-order valence-electron chi connectivity index (χ1n) is 7.45. The van der Waals surface area contributed by atoms with Crippen LogP contribution < -0.4 is 0 Å². The number of carbonyl (C=O) groups is 1. The summed E-state index contributed by atoms with van der Waals surface area (Å²) in [5.74, 6) is -2.15. The molecule has 0 aromatic carbocycles. The molecule has 0 amide bonds. The van der Waals surface area contributed by atoms with Crippen molar-refractivity contribution in [1.29, 1.82) is 0 Å². The van der Waals surface area contributed by atoms with Crippen molar-refractivity contribution in [2.45, 2.75) is 69.6 Å². The molecule has 0 radical (unpaired) electrons. The fourth-order valence-electron chi connectivity index (χ4n) is 3.60. The molecule has 3 nitrogen and oxygen atoms in total. The van der Waals surface area contributed by atoms with Gasteiger partial charge in [-0.15, -0.1) is 0 Å². The number of carboxylic acid groups (broad SMARTS) is 1. The Balaban J connectivity index is 2.08. The van der Waals surface area contributed by atoms with Crippen LogP contribution in [0.2, 0.25) is 0 Å². The Bertz CT molecular complexity index is 346. The third-order valence-corrected chi connectivity index (χ3v) is 4.66. The molecular weight excluding hydrogens is 271 g/mol. The van der Waals surface area contributed by atoms with Gasteiger partial charge in [-0.2, -0.15) is 13.2 Å². The van der Waals surface area contributed by atoms with E-state index in [2.05, 4.69) is 0 Å². The normalized spacial score (nSPS) is 33.6. The topological polar surface area (TPSA) is 40.5 Å². The van der Waals surface area contributed by atoms with Crippen LogP contribution in [-0.2, 0) is 4.79 Å². The number of nitrogens with zero attached hydrogens (tertiary/aromatic N) is 1. The maximum absolute atomic E-state index is 12.9. The highest BCUT2D eigenvalue weighted by Gasteiger charge is 2.44. The van der Waals surface area contributed by atoms with Crippen molar-refractivity contribution in [3.05, 3.63) is 0 Å². The molecule has 0 aromatic heterocycles. The minimum atomic E-state index is -4.15. The molecule has 116 valence electrons. The van der Waals surface area contributed by atoms with Gasteiger partial charge in [-0.3, -0.25) is 9.69 Å². The van der Waals surface area contributed by atoms with Crippen molar-refractivity contribution in [1.82, 2.24) is 4.90 Å². The SMILES string of the molecule is O=C(O)C1CCCCCN1C1CCCC(C(F)(F)F)C1. The lowest BCUT2D eigenvalue weighted by molar-refractivity contribution is -0.187. The van der Waals surface area contributed by atoms with E-state index in [0.29, 0.717) is 25.8 Å². The summed E-state index contributed by atoms with van der Waals surface area (Å²) in [6.07, 6.45) is 0.591. The molecule has 2 fully saturated rings. The van der Waals surface area contributed by atoms with Crippen LogP contribution in [0.25, 0.3) is 0 Å². The van der Waals surface area contributed by atoms with Crippen LogP contribution in [-0.4, -0.2) is 40.8 Å². The highest BCUT2D eigenvalue weighted by atomic mass is 19.4. The van der Waals surface area contributed by atoms with E-state index in [-0.39, 0.29) is 18.9 Å². The second-order valence-corrected chi connectivity index (χ2v) is 6.00. The van der Waals surface area contributed by atoms with Crippen LogP contribution in [0.4, 0.5) is 13.2 Å². The number of hydrogen-bond acceptors (Lipinski definition) is 2. The van der Waals surface area contributed by atoms with Gasteiger partial charge in [-0.1, -0.05) is 19.3 Å². The molecule has 20 heavy (non-hydrogen) atoms. The summed E-state index contributed by atoms with van der Waals surface area (Å²) in [5.41, 5.74) is 0.